The number of carbonyl (C=O) groups excluding carboxylic acids is 2. The predicted octanol–water partition coefficient (Wildman–Crippen LogP) is 0.324. The molecule has 1 aliphatic rings. The summed E-state index contributed by atoms with van der Waals surface area (Å²) in [6.07, 6.45) is 5.00. The van der Waals surface area contributed by atoms with Gasteiger partial charge in [-0.1, -0.05) is 0 Å². The van der Waals surface area contributed by atoms with Crippen molar-refractivity contribution >= 4 is 33.2 Å². The molecule has 0 bridgehead atoms. The Morgan fingerprint density at radius 3 is 2.17 bits per heavy atom. The molecule has 0 aromatic carbocycles. The number of hydrogen-bond acceptors (Lipinski definition) is 6. The zero-order valence-corrected chi connectivity index (χ0v) is 17.7. The van der Waals surface area contributed by atoms with Crippen molar-refractivity contribution < 1.29 is 18.0 Å². The number of sulfonamides is 1. The minimum Gasteiger partial charge on any atom is -0.323 e. The molecule has 0 aliphatic carbocycles. The minimum atomic E-state index is -3.25. The maximum Gasteiger partial charge on any atom is 0.276 e. The van der Waals surface area contributed by atoms with Crippen molar-refractivity contribution in [1.82, 2.24) is 23.9 Å². The van der Waals surface area contributed by atoms with Gasteiger partial charge in [-0.2, -0.15) is 10.2 Å². The fourth-order valence-electron chi connectivity index (χ4n) is 3.29. The number of aromatic nitrogens is 4. The Labute approximate surface area is 169 Å². The SMILES string of the molecule is Cc1c(NC(=O)c2c(NC(=O)C3CCN(S(C)(=O)=O)CC3)cnn2C)cnn1C. The molecule has 2 amide bonds. The van der Waals surface area contributed by atoms with Crippen LogP contribution in [0.15, 0.2) is 12.4 Å². The van der Waals surface area contributed by atoms with E-state index in [0.29, 0.717) is 37.3 Å². The van der Waals surface area contributed by atoms with E-state index < -0.39 is 15.9 Å². The van der Waals surface area contributed by atoms with Crippen molar-refractivity contribution in [3.8, 4) is 0 Å². The van der Waals surface area contributed by atoms with Crippen LogP contribution in [0.5, 0.6) is 0 Å². The lowest BCUT2D eigenvalue weighted by Crippen LogP contribution is -2.41. The number of aryl methyl sites for hydroxylation is 2. The number of nitrogens with zero attached hydrogens (tertiary/aromatic N) is 5. The molecule has 2 aromatic rings. The summed E-state index contributed by atoms with van der Waals surface area (Å²) in [7, 11) is 0.138. The highest BCUT2D eigenvalue weighted by molar-refractivity contribution is 7.88. The predicted molar refractivity (Wildman–Crippen MR) is 107 cm³/mol. The number of piperidine rings is 1. The first-order valence-corrected chi connectivity index (χ1v) is 11.0. The normalized spacial score (nSPS) is 16.0. The fourth-order valence-corrected chi connectivity index (χ4v) is 4.16. The highest BCUT2D eigenvalue weighted by Gasteiger charge is 2.30. The maximum absolute atomic E-state index is 12.8. The molecule has 3 rings (SSSR count). The Kier molecular flexibility index (Phi) is 5.75. The van der Waals surface area contributed by atoms with Crippen molar-refractivity contribution in [2.45, 2.75) is 19.8 Å². The fraction of sp³-hybridized carbons (Fsp3) is 0.529. The number of rotatable bonds is 5. The first kappa shape index (κ1) is 21.0. The molecule has 1 saturated heterocycles. The van der Waals surface area contributed by atoms with E-state index in [1.165, 1.54) is 15.2 Å². The van der Waals surface area contributed by atoms with E-state index in [1.54, 1.807) is 25.0 Å². The van der Waals surface area contributed by atoms with Gasteiger partial charge in [-0.15, -0.1) is 0 Å². The molecular weight excluding hydrogens is 398 g/mol. The van der Waals surface area contributed by atoms with E-state index in [-0.39, 0.29) is 17.5 Å². The Morgan fingerprint density at radius 1 is 1.03 bits per heavy atom. The Balaban J connectivity index is 1.69. The molecule has 2 aromatic heterocycles. The number of anilines is 2. The van der Waals surface area contributed by atoms with Gasteiger partial charge in [0.15, 0.2) is 0 Å². The first-order valence-electron chi connectivity index (χ1n) is 9.16. The molecule has 0 radical (unpaired) electrons. The summed E-state index contributed by atoms with van der Waals surface area (Å²) in [5.41, 5.74) is 1.89. The van der Waals surface area contributed by atoms with E-state index in [2.05, 4.69) is 20.8 Å². The van der Waals surface area contributed by atoms with Crippen LogP contribution < -0.4 is 10.6 Å². The maximum atomic E-state index is 12.8. The average molecular weight is 423 g/mol. The van der Waals surface area contributed by atoms with Gasteiger partial charge in [0, 0.05) is 33.1 Å². The first-order chi connectivity index (χ1) is 13.6. The Morgan fingerprint density at radius 2 is 1.62 bits per heavy atom. The van der Waals surface area contributed by atoms with Crippen LogP contribution in [0, 0.1) is 12.8 Å². The van der Waals surface area contributed by atoms with Crippen molar-refractivity contribution in [2.75, 3.05) is 30.0 Å². The van der Waals surface area contributed by atoms with Crippen LogP contribution in [0.2, 0.25) is 0 Å². The zero-order chi connectivity index (χ0) is 21.3. The number of amides is 2. The standard InChI is InChI=1S/C17H25N7O4S/c1-11-13(9-18-22(11)2)20-17(26)15-14(10-19-23(15)3)21-16(25)12-5-7-24(8-6-12)29(4,27)28/h9-10,12H,5-8H2,1-4H3,(H,20,26)(H,21,25). The van der Waals surface area contributed by atoms with Crippen molar-refractivity contribution in [3.63, 3.8) is 0 Å². The third-order valence-corrected chi connectivity index (χ3v) is 6.49. The molecule has 0 spiro atoms. The Hall–Kier alpha value is -2.73. The van der Waals surface area contributed by atoms with E-state index in [9.17, 15) is 18.0 Å². The second-order valence-corrected chi connectivity index (χ2v) is 9.16. The van der Waals surface area contributed by atoms with Gasteiger partial charge in [0.05, 0.1) is 35.7 Å². The molecule has 0 saturated carbocycles. The van der Waals surface area contributed by atoms with Gasteiger partial charge in [-0.25, -0.2) is 12.7 Å². The van der Waals surface area contributed by atoms with Crippen molar-refractivity contribution in [2.24, 2.45) is 20.0 Å². The molecule has 2 N–H and O–H groups in total. The van der Waals surface area contributed by atoms with Crippen molar-refractivity contribution in [3.05, 3.63) is 23.8 Å². The summed E-state index contributed by atoms with van der Waals surface area (Å²) < 4.78 is 27.6. The summed E-state index contributed by atoms with van der Waals surface area (Å²) >= 11 is 0. The van der Waals surface area contributed by atoms with Crippen molar-refractivity contribution in [1.29, 1.82) is 0 Å². The second-order valence-electron chi connectivity index (χ2n) is 7.18. The summed E-state index contributed by atoms with van der Waals surface area (Å²) in [5.74, 6) is -0.995. The molecule has 0 unspecified atom stereocenters. The Bertz CT molecular complexity index is 1030. The lowest BCUT2D eigenvalue weighted by molar-refractivity contribution is -0.120. The average Bonchev–Trinajstić information content (AvgIpc) is 3.17. The lowest BCUT2D eigenvalue weighted by atomic mass is 9.97. The molecule has 11 nitrogen and oxygen atoms in total. The van der Waals surface area contributed by atoms with Gasteiger partial charge in [0.25, 0.3) is 5.91 Å². The van der Waals surface area contributed by atoms with Gasteiger partial charge < -0.3 is 10.6 Å². The van der Waals surface area contributed by atoms with E-state index in [0.717, 1.165) is 11.9 Å². The molecule has 1 fully saturated rings. The largest absolute Gasteiger partial charge is 0.323 e. The summed E-state index contributed by atoms with van der Waals surface area (Å²) in [6.45, 7) is 2.44. The highest BCUT2D eigenvalue weighted by atomic mass is 32.2. The van der Waals surface area contributed by atoms with Crippen LogP contribution in [0.4, 0.5) is 11.4 Å². The third-order valence-electron chi connectivity index (χ3n) is 5.19. The topological polar surface area (TPSA) is 131 Å². The summed E-state index contributed by atoms with van der Waals surface area (Å²) in [6, 6.07) is 0. The van der Waals surface area contributed by atoms with Crippen LogP contribution in [0.1, 0.15) is 29.0 Å². The zero-order valence-electron chi connectivity index (χ0n) is 16.8. The smallest absolute Gasteiger partial charge is 0.276 e. The second kappa shape index (κ2) is 7.95. The van der Waals surface area contributed by atoms with Crippen LogP contribution in [-0.4, -0.2) is 63.4 Å². The van der Waals surface area contributed by atoms with Crippen LogP contribution in [0.25, 0.3) is 0 Å². The van der Waals surface area contributed by atoms with E-state index in [1.807, 2.05) is 6.92 Å². The number of carbonyl (C=O) groups is 2. The molecular formula is C17H25N7O4S. The molecule has 3 heterocycles. The number of hydrogen-bond donors (Lipinski definition) is 2. The molecule has 12 heteroatoms. The molecule has 29 heavy (non-hydrogen) atoms. The van der Waals surface area contributed by atoms with Gasteiger partial charge in [0.1, 0.15) is 5.69 Å². The third kappa shape index (κ3) is 4.48. The molecule has 1 aliphatic heterocycles. The van der Waals surface area contributed by atoms with Crippen LogP contribution in [-0.2, 0) is 28.9 Å². The van der Waals surface area contributed by atoms with Gasteiger partial charge in [-0.05, 0) is 19.8 Å². The summed E-state index contributed by atoms with van der Waals surface area (Å²) in [5, 5.41) is 13.7. The quantitative estimate of drug-likeness (QED) is 0.712. The van der Waals surface area contributed by atoms with Crippen LogP contribution >= 0.6 is 0 Å². The highest BCUT2D eigenvalue weighted by Crippen LogP contribution is 2.23. The van der Waals surface area contributed by atoms with Gasteiger partial charge >= 0.3 is 0 Å². The van der Waals surface area contributed by atoms with Gasteiger partial charge in [-0.3, -0.25) is 19.0 Å². The van der Waals surface area contributed by atoms with Gasteiger partial charge in [0.2, 0.25) is 15.9 Å². The summed E-state index contributed by atoms with van der Waals surface area (Å²) in [4.78, 5) is 25.4. The molecule has 158 valence electrons. The van der Waals surface area contributed by atoms with E-state index >= 15 is 0 Å². The van der Waals surface area contributed by atoms with E-state index in [4.69, 9.17) is 0 Å². The number of nitrogens with one attached hydrogen (secondary N) is 2. The van der Waals surface area contributed by atoms with Crippen LogP contribution in [0.3, 0.4) is 0 Å². The minimum absolute atomic E-state index is 0.218. The monoisotopic (exact) mass is 423 g/mol. The molecule has 0 atom stereocenters. The lowest BCUT2D eigenvalue weighted by Gasteiger charge is -2.29.